The largest absolute Gasteiger partial charge is 0.477 e. The molecule has 2 heterocycles. The number of carboxylic acids is 1. The van der Waals surface area contributed by atoms with Gasteiger partial charge >= 0.3 is 5.97 Å². The van der Waals surface area contributed by atoms with Crippen LogP contribution in [0.1, 0.15) is 20.8 Å². The fourth-order valence-corrected chi connectivity index (χ4v) is 1.77. The summed E-state index contributed by atoms with van der Waals surface area (Å²) >= 11 is 0. The number of likely N-dealkylation sites (tertiary alicyclic amines) is 1. The number of rotatable bonds is 3. The molecule has 1 aromatic heterocycles. The van der Waals surface area contributed by atoms with Gasteiger partial charge < -0.3 is 14.7 Å². The maximum atomic E-state index is 12.0. The molecule has 0 radical (unpaired) electrons. The highest BCUT2D eigenvalue weighted by atomic mass is 16.5. The standard InChI is InChI=1S/C10H13N3O4/c1-12-8(10(15)16)7(3-11-12)9(14)13-4-6(5-13)17-2/h3,6H,4-5H2,1-2H3,(H,15,16). The zero-order chi connectivity index (χ0) is 12.6. The molecular weight excluding hydrogens is 226 g/mol. The number of ether oxygens (including phenoxy) is 1. The van der Waals surface area contributed by atoms with Crippen molar-refractivity contribution in [2.75, 3.05) is 20.2 Å². The normalized spacial score (nSPS) is 15.8. The minimum absolute atomic E-state index is 0.0453. The summed E-state index contributed by atoms with van der Waals surface area (Å²) in [5.41, 5.74) is 0.0328. The predicted molar refractivity (Wildman–Crippen MR) is 56.9 cm³/mol. The van der Waals surface area contributed by atoms with E-state index in [-0.39, 0.29) is 23.3 Å². The van der Waals surface area contributed by atoms with Gasteiger partial charge in [-0.05, 0) is 0 Å². The number of methoxy groups -OCH3 is 1. The molecule has 0 unspecified atom stereocenters. The van der Waals surface area contributed by atoms with Gasteiger partial charge in [-0.1, -0.05) is 0 Å². The average Bonchev–Trinajstić information content (AvgIpc) is 2.58. The summed E-state index contributed by atoms with van der Waals surface area (Å²) in [5, 5.41) is 12.8. The predicted octanol–water partition coefficient (Wildman–Crippen LogP) is -0.411. The molecule has 7 nitrogen and oxygen atoms in total. The smallest absolute Gasteiger partial charge is 0.354 e. The van der Waals surface area contributed by atoms with E-state index >= 15 is 0 Å². The Kier molecular flexibility index (Phi) is 2.84. The lowest BCUT2D eigenvalue weighted by molar-refractivity contribution is -0.0192. The van der Waals surface area contributed by atoms with Crippen LogP contribution < -0.4 is 0 Å². The van der Waals surface area contributed by atoms with Gasteiger partial charge in [-0.2, -0.15) is 5.10 Å². The number of hydrogen-bond acceptors (Lipinski definition) is 4. The third kappa shape index (κ3) is 1.89. The van der Waals surface area contributed by atoms with E-state index in [9.17, 15) is 9.59 Å². The number of carbonyl (C=O) groups is 2. The molecule has 2 rings (SSSR count). The molecule has 0 spiro atoms. The number of hydrogen-bond donors (Lipinski definition) is 1. The molecule has 0 atom stereocenters. The summed E-state index contributed by atoms with van der Waals surface area (Å²) in [5.74, 6) is -1.47. The van der Waals surface area contributed by atoms with E-state index in [1.54, 1.807) is 7.11 Å². The van der Waals surface area contributed by atoms with Gasteiger partial charge in [0.05, 0.1) is 17.9 Å². The number of amides is 1. The number of aryl methyl sites for hydroxylation is 1. The number of carboxylic acid groups (broad SMARTS) is 1. The molecule has 0 bridgehead atoms. The van der Waals surface area contributed by atoms with Gasteiger partial charge in [0.1, 0.15) is 0 Å². The molecule has 0 saturated carbocycles. The quantitative estimate of drug-likeness (QED) is 0.775. The SMILES string of the molecule is COC1CN(C(=O)c2cnn(C)c2C(=O)O)C1. The van der Waals surface area contributed by atoms with Crippen LogP contribution in [0, 0.1) is 0 Å². The van der Waals surface area contributed by atoms with Crippen LogP contribution in [-0.4, -0.2) is 58.0 Å². The van der Waals surface area contributed by atoms with Crippen LogP contribution in [0.2, 0.25) is 0 Å². The van der Waals surface area contributed by atoms with Crippen molar-refractivity contribution in [1.82, 2.24) is 14.7 Å². The second-order valence-electron chi connectivity index (χ2n) is 3.90. The number of aromatic carboxylic acids is 1. The van der Waals surface area contributed by atoms with Crippen molar-refractivity contribution in [3.05, 3.63) is 17.5 Å². The van der Waals surface area contributed by atoms with Gasteiger partial charge in [0.2, 0.25) is 0 Å². The van der Waals surface area contributed by atoms with Crippen LogP contribution in [0.15, 0.2) is 6.20 Å². The molecular formula is C10H13N3O4. The molecule has 17 heavy (non-hydrogen) atoms. The van der Waals surface area contributed by atoms with E-state index < -0.39 is 5.97 Å². The summed E-state index contributed by atoms with van der Waals surface area (Å²) in [6.07, 6.45) is 1.33. The number of carbonyl (C=O) groups excluding carboxylic acids is 1. The molecule has 0 aromatic carbocycles. The number of nitrogens with zero attached hydrogens (tertiary/aromatic N) is 3. The van der Waals surface area contributed by atoms with Crippen LogP contribution >= 0.6 is 0 Å². The molecule has 1 aliphatic rings. The maximum Gasteiger partial charge on any atom is 0.354 e. The number of aromatic nitrogens is 2. The van der Waals surface area contributed by atoms with E-state index in [1.807, 2.05) is 0 Å². The van der Waals surface area contributed by atoms with Gasteiger partial charge in [-0.15, -0.1) is 0 Å². The maximum absolute atomic E-state index is 12.0. The summed E-state index contributed by atoms with van der Waals surface area (Å²) < 4.78 is 6.24. The Morgan fingerprint density at radius 3 is 2.71 bits per heavy atom. The van der Waals surface area contributed by atoms with Crippen molar-refractivity contribution < 1.29 is 19.4 Å². The molecule has 7 heteroatoms. The van der Waals surface area contributed by atoms with Gasteiger partial charge in [0.25, 0.3) is 5.91 Å². The first-order valence-corrected chi connectivity index (χ1v) is 5.12. The van der Waals surface area contributed by atoms with Crippen LogP contribution in [0.4, 0.5) is 0 Å². The second kappa shape index (κ2) is 4.17. The first-order valence-electron chi connectivity index (χ1n) is 5.12. The monoisotopic (exact) mass is 239 g/mol. The minimum atomic E-state index is -1.16. The fraction of sp³-hybridized carbons (Fsp3) is 0.500. The molecule has 1 amide bonds. The lowest BCUT2D eigenvalue weighted by Gasteiger charge is -2.37. The van der Waals surface area contributed by atoms with Crippen molar-refractivity contribution in [2.24, 2.45) is 7.05 Å². The molecule has 0 aliphatic carbocycles. The van der Waals surface area contributed by atoms with E-state index in [2.05, 4.69) is 5.10 Å². The Morgan fingerprint density at radius 2 is 2.18 bits per heavy atom. The van der Waals surface area contributed by atoms with Gasteiger partial charge in [0, 0.05) is 27.2 Å². The van der Waals surface area contributed by atoms with Crippen LogP contribution in [0.3, 0.4) is 0 Å². The second-order valence-corrected chi connectivity index (χ2v) is 3.90. The van der Waals surface area contributed by atoms with Crippen molar-refractivity contribution in [1.29, 1.82) is 0 Å². The summed E-state index contributed by atoms with van der Waals surface area (Å²) in [7, 11) is 3.08. The van der Waals surface area contributed by atoms with E-state index in [0.717, 1.165) is 0 Å². The molecule has 1 N–H and O–H groups in total. The van der Waals surface area contributed by atoms with Crippen LogP contribution in [0.5, 0.6) is 0 Å². The summed E-state index contributed by atoms with van der Waals surface area (Å²) in [6.45, 7) is 0.979. The third-order valence-electron chi connectivity index (χ3n) is 2.84. The first-order chi connectivity index (χ1) is 8.04. The Hall–Kier alpha value is -1.89. The van der Waals surface area contributed by atoms with Crippen LogP contribution in [-0.2, 0) is 11.8 Å². The van der Waals surface area contributed by atoms with Crippen molar-refractivity contribution >= 4 is 11.9 Å². The highest BCUT2D eigenvalue weighted by molar-refractivity contribution is 6.03. The third-order valence-corrected chi connectivity index (χ3v) is 2.84. The van der Waals surface area contributed by atoms with E-state index in [4.69, 9.17) is 9.84 Å². The topological polar surface area (TPSA) is 84.7 Å². The Morgan fingerprint density at radius 1 is 1.53 bits per heavy atom. The lowest BCUT2D eigenvalue weighted by Crippen LogP contribution is -2.54. The van der Waals surface area contributed by atoms with Crippen LogP contribution in [0.25, 0.3) is 0 Å². The van der Waals surface area contributed by atoms with Gasteiger partial charge in [-0.3, -0.25) is 9.48 Å². The highest BCUT2D eigenvalue weighted by Gasteiger charge is 2.34. The van der Waals surface area contributed by atoms with Crippen molar-refractivity contribution in [3.63, 3.8) is 0 Å². The minimum Gasteiger partial charge on any atom is -0.477 e. The molecule has 92 valence electrons. The molecule has 1 aromatic rings. The van der Waals surface area contributed by atoms with Gasteiger partial charge in [0.15, 0.2) is 5.69 Å². The average molecular weight is 239 g/mol. The zero-order valence-corrected chi connectivity index (χ0v) is 9.58. The Bertz CT molecular complexity index is 462. The van der Waals surface area contributed by atoms with Crippen molar-refractivity contribution in [2.45, 2.75) is 6.10 Å². The van der Waals surface area contributed by atoms with E-state index in [0.29, 0.717) is 13.1 Å². The molecule has 1 saturated heterocycles. The first kappa shape index (κ1) is 11.6. The highest BCUT2D eigenvalue weighted by Crippen LogP contribution is 2.17. The summed E-state index contributed by atoms with van der Waals surface area (Å²) in [4.78, 5) is 24.5. The molecule has 1 aliphatic heterocycles. The van der Waals surface area contributed by atoms with Crippen molar-refractivity contribution in [3.8, 4) is 0 Å². The Balaban J connectivity index is 2.18. The lowest BCUT2D eigenvalue weighted by atomic mass is 10.1. The van der Waals surface area contributed by atoms with E-state index in [1.165, 1.54) is 22.8 Å². The molecule has 1 fully saturated rings. The fourth-order valence-electron chi connectivity index (χ4n) is 1.77. The van der Waals surface area contributed by atoms with Gasteiger partial charge in [-0.25, -0.2) is 4.79 Å². The zero-order valence-electron chi connectivity index (χ0n) is 9.58. The summed E-state index contributed by atoms with van der Waals surface area (Å²) in [6, 6.07) is 0. The Labute approximate surface area is 97.6 Å².